The van der Waals surface area contributed by atoms with E-state index in [9.17, 15) is 28.2 Å². The van der Waals surface area contributed by atoms with Crippen LogP contribution in [-0.4, -0.2) is 63.8 Å². The molecule has 0 aliphatic rings. The number of aromatic amines is 1. The molecular weight excluding hydrogens is 481 g/mol. The normalized spacial score (nSPS) is 13.1. The fourth-order valence-electron chi connectivity index (χ4n) is 3.42. The van der Waals surface area contributed by atoms with Crippen molar-refractivity contribution < 1.29 is 28.5 Å². The summed E-state index contributed by atoms with van der Waals surface area (Å²) >= 11 is 7.04. The molecule has 11 heteroatoms. The van der Waals surface area contributed by atoms with E-state index in [1.807, 2.05) is 0 Å². The molecular formula is C22H22ClF3N2O4S. The third-order valence-corrected chi connectivity index (χ3v) is 6.41. The van der Waals surface area contributed by atoms with Gasteiger partial charge in [0.25, 0.3) is 5.56 Å². The number of thioether (sulfide) groups is 1. The van der Waals surface area contributed by atoms with Crippen molar-refractivity contribution in [3.8, 4) is 16.9 Å². The SMILES string of the molecule is CN(CCO)CC(O)CSc1c(-c2cc(Cl)ccc2O)c2cc(C(F)(F)F)ccc2[nH]c1=O. The number of aliphatic hydroxyl groups excluding tert-OH is 2. The summed E-state index contributed by atoms with van der Waals surface area (Å²) in [6.07, 6.45) is -5.50. The molecule has 6 nitrogen and oxygen atoms in total. The van der Waals surface area contributed by atoms with Crippen molar-refractivity contribution in [1.29, 1.82) is 0 Å². The standard InChI is InChI=1S/C22H22ClF3N2O4S/c1-28(6-7-29)10-14(30)11-33-20-19(16-9-13(23)3-5-18(16)31)15-8-12(22(24,25)26)2-4-17(15)27-21(20)32/h2-5,8-9,14,29-31H,6-7,10-11H2,1H3,(H,27,32). The van der Waals surface area contributed by atoms with E-state index in [1.165, 1.54) is 18.2 Å². The predicted molar refractivity (Wildman–Crippen MR) is 123 cm³/mol. The molecule has 0 saturated carbocycles. The van der Waals surface area contributed by atoms with Gasteiger partial charge in [0, 0.05) is 45.9 Å². The molecule has 1 unspecified atom stereocenters. The van der Waals surface area contributed by atoms with Crippen LogP contribution in [0, 0.1) is 0 Å². The minimum Gasteiger partial charge on any atom is -0.507 e. The Morgan fingerprint density at radius 3 is 2.61 bits per heavy atom. The maximum Gasteiger partial charge on any atom is 0.416 e. The summed E-state index contributed by atoms with van der Waals surface area (Å²) in [6, 6.07) is 7.04. The fourth-order valence-corrected chi connectivity index (χ4v) is 4.60. The lowest BCUT2D eigenvalue weighted by Crippen LogP contribution is -2.32. The lowest BCUT2D eigenvalue weighted by atomic mass is 9.98. The molecule has 0 aliphatic heterocycles. The van der Waals surface area contributed by atoms with Gasteiger partial charge in [0.15, 0.2) is 0 Å². The zero-order valence-corrected chi connectivity index (χ0v) is 19.1. The van der Waals surface area contributed by atoms with Crippen molar-refractivity contribution in [2.75, 3.05) is 32.5 Å². The van der Waals surface area contributed by atoms with Gasteiger partial charge in [-0.3, -0.25) is 4.79 Å². The highest BCUT2D eigenvalue weighted by molar-refractivity contribution is 7.99. The lowest BCUT2D eigenvalue weighted by Gasteiger charge is -2.20. The summed E-state index contributed by atoms with van der Waals surface area (Å²) in [4.78, 5) is 17.2. The van der Waals surface area contributed by atoms with Crippen molar-refractivity contribution in [3.05, 3.63) is 57.3 Å². The highest BCUT2D eigenvalue weighted by Gasteiger charge is 2.31. The second-order valence-corrected chi connectivity index (χ2v) is 9.00. The Labute approximate surface area is 196 Å². The number of nitrogens with one attached hydrogen (secondary N) is 1. The number of aliphatic hydroxyl groups is 2. The van der Waals surface area contributed by atoms with Crippen LogP contribution in [0.3, 0.4) is 0 Å². The number of nitrogens with zero attached hydrogens (tertiary/aromatic N) is 1. The van der Waals surface area contributed by atoms with Crippen LogP contribution in [0.1, 0.15) is 5.56 Å². The maximum absolute atomic E-state index is 13.4. The van der Waals surface area contributed by atoms with Crippen molar-refractivity contribution >= 4 is 34.3 Å². The molecule has 3 rings (SSSR count). The zero-order chi connectivity index (χ0) is 24.3. The molecule has 2 aromatic carbocycles. The Bertz CT molecular complexity index is 1200. The van der Waals surface area contributed by atoms with Gasteiger partial charge in [0.1, 0.15) is 5.75 Å². The van der Waals surface area contributed by atoms with Crippen molar-refractivity contribution in [3.63, 3.8) is 0 Å². The number of benzene rings is 2. The Hall–Kier alpha value is -2.24. The van der Waals surface area contributed by atoms with E-state index in [-0.39, 0.29) is 56.6 Å². The number of aromatic nitrogens is 1. The molecule has 0 fully saturated rings. The van der Waals surface area contributed by atoms with Crippen molar-refractivity contribution in [2.24, 2.45) is 0 Å². The maximum atomic E-state index is 13.4. The highest BCUT2D eigenvalue weighted by atomic mass is 35.5. The summed E-state index contributed by atoms with van der Waals surface area (Å²) < 4.78 is 40.2. The monoisotopic (exact) mass is 502 g/mol. The number of phenolic OH excluding ortho intramolecular Hbond substituents is 1. The van der Waals surface area contributed by atoms with Gasteiger partial charge in [-0.25, -0.2) is 0 Å². The van der Waals surface area contributed by atoms with Crippen molar-refractivity contribution in [1.82, 2.24) is 9.88 Å². The van der Waals surface area contributed by atoms with Gasteiger partial charge >= 0.3 is 6.18 Å². The molecule has 1 aromatic heterocycles. The number of H-pyrrole nitrogens is 1. The van der Waals surface area contributed by atoms with Gasteiger partial charge in [-0.1, -0.05) is 11.6 Å². The third-order valence-electron chi connectivity index (χ3n) is 4.95. The topological polar surface area (TPSA) is 96.8 Å². The molecule has 0 saturated heterocycles. The number of alkyl halides is 3. The van der Waals surface area contributed by atoms with Gasteiger partial charge in [0.05, 0.1) is 23.2 Å². The van der Waals surface area contributed by atoms with Crippen LogP contribution in [0.2, 0.25) is 5.02 Å². The third kappa shape index (κ3) is 6.01. The van der Waals surface area contributed by atoms with Crippen LogP contribution >= 0.6 is 23.4 Å². The Morgan fingerprint density at radius 1 is 1.21 bits per heavy atom. The van der Waals surface area contributed by atoms with Crippen LogP contribution in [0.4, 0.5) is 13.2 Å². The zero-order valence-electron chi connectivity index (χ0n) is 17.5. The molecule has 0 radical (unpaired) electrons. The van der Waals surface area contributed by atoms with Gasteiger partial charge in [0.2, 0.25) is 0 Å². The number of halogens is 4. The summed E-state index contributed by atoms with van der Waals surface area (Å²) in [5, 5.41) is 30.1. The Kier molecular flexibility index (Phi) is 7.96. The van der Waals surface area contributed by atoms with Gasteiger partial charge in [-0.05, 0) is 43.4 Å². The van der Waals surface area contributed by atoms with Crippen LogP contribution in [0.5, 0.6) is 5.75 Å². The van der Waals surface area contributed by atoms with E-state index >= 15 is 0 Å². The number of fused-ring (bicyclic) bond motifs is 1. The second kappa shape index (κ2) is 10.4. The van der Waals surface area contributed by atoms with Gasteiger partial charge in [-0.15, -0.1) is 11.8 Å². The molecule has 3 aromatic rings. The number of likely N-dealkylation sites (N-methyl/N-ethyl adjacent to an activating group) is 1. The van der Waals surface area contributed by atoms with Gasteiger partial charge in [-0.2, -0.15) is 13.2 Å². The first-order valence-corrected chi connectivity index (χ1v) is 11.2. The van der Waals surface area contributed by atoms with Crippen LogP contribution in [0.15, 0.2) is 46.1 Å². The second-order valence-electron chi connectivity index (χ2n) is 7.53. The molecule has 178 valence electrons. The van der Waals surface area contributed by atoms with Crippen LogP contribution in [0.25, 0.3) is 22.0 Å². The van der Waals surface area contributed by atoms with Crippen LogP contribution < -0.4 is 5.56 Å². The number of hydrogen-bond acceptors (Lipinski definition) is 6. The molecule has 0 spiro atoms. The van der Waals surface area contributed by atoms with E-state index in [0.717, 1.165) is 30.0 Å². The fraction of sp³-hybridized carbons (Fsp3) is 0.318. The molecule has 33 heavy (non-hydrogen) atoms. The molecule has 0 aliphatic carbocycles. The summed E-state index contributed by atoms with van der Waals surface area (Å²) in [6.45, 7) is 0.482. The largest absolute Gasteiger partial charge is 0.507 e. The van der Waals surface area contributed by atoms with E-state index < -0.39 is 23.4 Å². The lowest BCUT2D eigenvalue weighted by molar-refractivity contribution is -0.137. The number of rotatable bonds is 8. The van der Waals surface area contributed by atoms with E-state index in [1.54, 1.807) is 11.9 Å². The number of aromatic hydroxyl groups is 1. The molecule has 4 N–H and O–H groups in total. The van der Waals surface area contributed by atoms with Crippen molar-refractivity contribution in [2.45, 2.75) is 17.2 Å². The minimum absolute atomic E-state index is 0.0447. The number of phenols is 1. The Balaban J connectivity index is 2.16. The quantitative estimate of drug-likeness (QED) is 0.348. The van der Waals surface area contributed by atoms with Gasteiger partial charge < -0.3 is 25.2 Å². The molecule has 1 heterocycles. The molecule has 0 amide bonds. The van der Waals surface area contributed by atoms with E-state index in [4.69, 9.17) is 16.7 Å². The first-order valence-electron chi connectivity index (χ1n) is 9.87. The average molecular weight is 503 g/mol. The number of hydrogen-bond donors (Lipinski definition) is 4. The first-order chi connectivity index (χ1) is 15.5. The van der Waals surface area contributed by atoms with E-state index in [0.29, 0.717) is 6.54 Å². The summed E-state index contributed by atoms with van der Waals surface area (Å²) in [5.74, 6) is -0.203. The first kappa shape index (κ1) is 25.4. The summed E-state index contributed by atoms with van der Waals surface area (Å²) in [5.41, 5.74) is -1.12. The Morgan fingerprint density at radius 2 is 1.94 bits per heavy atom. The average Bonchev–Trinajstić information content (AvgIpc) is 2.73. The van der Waals surface area contributed by atoms with E-state index in [2.05, 4.69) is 4.98 Å². The summed E-state index contributed by atoms with van der Waals surface area (Å²) in [7, 11) is 1.71. The minimum atomic E-state index is -4.61. The molecule has 1 atom stereocenters. The predicted octanol–water partition coefficient (Wildman–Crippen LogP) is 3.95. The number of pyridine rings is 1. The highest BCUT2D eigenvalue weighted by Crippen LogP contribution is 2.42. The molecule has 0 bridgehead atoms. The van der Waals surface area contributed by atoms with Crippen LogP contribution in [-0.2, 0) is 6.18 Å². The smallest absolute Gasteiger partial charge is 0.416 e.